The van der Waals surface area contributed by atoms with Gasteiger partial charge in [0.2, 0.25) is 0 Å². The Kier molecular flexibility index (Phi) is 5.53. The first-order valence-electron chi connectivity index (χ1n) is 6.42. The number of rotatable bonds is 6. The zero-order chi connectivity index (χ0) is 14.3. The molecule has 0 radical (unpaired) electrons. The Morgan fingerprint density at radius 2 is 2.05 bits per heavy atom. The number of nitrogens with zero attached hydrogens (tertiary/aromatic N) is 1. The van der Waals surface area contributed by atoms with E-state index in [0.717, 1.165) is 18.5 Å². The number of nitriles is 1. The molecular weight excluding hydrogens is 238 g/mol. The zero-order valence-corrected chi connectivity index (χ0v) is 11.8. The average Bonchev–Trinajstić information content (AvgIpc) is 2.43. The number of nitrogens with one attached hydrogen (secondary N) is 2. The fourth-order valence-electron chi connectivity index (χ4n) is 1.66. The maximum Gasteiger partial charge on any atom is 0.251 e. The SMILES string of the molecule is CNCCc1ccccc1C(=O)NCC(C)(C)C#N. The topological polar surface area (TPSA) is 64.9 Å². The van der Waals surface area contributed by atoms with Crippen LogP contribution in [0.15, 0.2) is 24.3 Å². The van der Waals surface area contributed by atoms with E-state index in [9.17, 15) is 4.79 Å². The Balaban J connectivity index is 2.74. The van der Waals surface area contributed by atoms with Crippen molar-refractivity contribution in [1.29, 1.82) is 5.26 Å². The smallest absolute Gasteiger partial charge is 0.251 e. The van der Waals surface area contributed by atoms with Crippen molar-refractivity contribution in [3.63, 3.8) is 0 Å². The van der Waals surface area contributed by atoms with Gasteiger partial charge in [0.05, 0.1) is 11.5 Å². The van der Waals surface area contributed by atoms with E-state index in [1.54, 1.807) is 13.8 Å². The first kappa shape index (κ1) is 15.2. The van der Waals surface area contributed by atoms with E-state index in [-0.39, 0.29) is 5.91 Å². The van der Waals surface area contributed by atoms with Crippen molar-refractivity contribution in [3.05, 3.63) is 35.4 Å². The van der Waals surface area contributed by atoms with E-state index < -0.39 is 5.41 Å². The van der Waals surface area contributed by atoms with Gasteiger partial charge < -0.3 is 10.6 Å². The van der Waals surface area contributed by atoms with Crippen LogP contribution < -0.4 is 10.6 Å². The summed E-state index contributed by atoms with van der Waals surface area (Å²) < 4.78 is 0. The minimum absolute atomic E-state index is 0.116. The summed E-state index contributed by atoms with van der Waals surface area (Å²) in [7, 11) is 1.89. The molecule has 1 aromatic rings. The molecule has 0 heterocycles. The lowest BCUT2D eigenvalue weighted by Crippen LogP contribution is -2.33. The van der Waals surface area contributed by atoms with Crippen LogP contribution >= 0.6 is 0 Å². The van der Waals surface area contributed by atoms with Gasteiger partial charge in [-0.3, -0.25) is 4.79 Å². The van der Waals surface area contributed by atoms with E-state index in [1.807, 2.05) is 31.3 Å². The van der Waals surface area contributed by atoms with E-state index in [2.05, 4.69) is 16.7 Å². The summed E-state index contributed by atoms with van der Waals surface area (Å²) in [6.45, 7) is 4.79. The molecule has 4 nitrogen and oxygen atoms in total. The number of amides is 1. The molecule has 0 atom stereocenters. The second kappa shape index (κ2) is 6.91. The lowest BCUT2D eigenvalue weighted by molar-refractivity contribution is 0.0943. The van der Waals surface area contributed by atoms with E-state index in [4.69, 9.17) is 5.26 Å². The highest BCUT2D eigenvalue weighted by atomic mass is 16.1. The van der Waals surface area contributed by atoms with Gasteiger partial charge in [-0.1, -0.05) is 18.2 Å². The molecule has 0 bridgehead atoms. The van der Waals surface area contributed by atoms with Crippen LogP contribution in [0.1, 0.15) is 29.8 Å². The molecule has 1 rings (SSSR count). The number of carbonyl (C=O) groups is 1. The van der Waals surface area contributed by atoms with Crippen LogP contribution in [0.25, 0.3) is 0 Å². The molecule has 0 spiro atoms. The Morgan fingerprint density at radius 1 is 1.37 bits per heavy atom. The molecule has 2 N–H and O–H groups in total. The average molecular weight is 259 g/mol. The Bertz CT molecular complexity index is 475. The zero-order valence-electron chi connectivity index (χ0n) is 11.8. The summed E-state index contributed by atoms with van der Waals surface area (Å²) in [5.74, 6) is -0.116. The summed E-state index contributed by atoms with van der Waals surface area (Å²) in [5.41, 5.74) is 1.16. The lowest BCUT2D eigenvalue weighted by atomic mass is 9.95. The van der Waals surface area contributed by atoms with Crippen LogP contribution in [0.3, 0.4) is 0 Å². The van der Waals surface area contributed by atoms with Crippen molar-refractivity contribution in [1.82, 2.24) is 10.6 Å². The van der Waals surface area contributed by atoms with Crippen LogP contribution in [-0.4, -0.2) is 26.0 Å². The summed E-state index contributed by atoms with van der Waals surface area (Å²) in [5, 5.41) is 14.8. The summed E-state index contributed by atoms with van der Waals surface area (Å²) in [6.07, 6.45) is 0.807. The van der Waals surface area contributed by atoms with Crippen molar-refractivity contribution >= 4 is 5.91 Å². The van der Waals surface area contributed by atoms with E-state index in [1.165, 1.54) is 0 Å². The van der Waals surface area contributed by atoms with Gasteiger partial charge in [-0.25, -0.2) is 0 Å². The van der Waals surface area contributed by atoms with Gasteiger partial charge in [0, 0.05) is 12.1 Å². The highest BCUT2D eigenvalue weighted by Crippen LogP contribution is 2.13. The Morgan fingerprint density at radius 3 is 2.68 bits per heavy atom. The molecule has 0 aliphatic carbocycles. The van der Waals surface area contributed by atoms with Crippen LogP contribution in [0.5, 0.6) is 0 Å². The number of carbonyl (C=O) groups excluding carboxylic acids is 1. The second-order valence-corrected chi connectivity index (χ2v) is 5.19. The standard InChI is InChI=1S/C15H21N3O/c1-15(2,10-16)11-18-14(19)13-7-5-4-6-12(13)8-9-17-3/h4-7,17H,8-9,11H2,1-3H3,(H,18,19). The third-order valence-electron chi connectivity index (χ3n) is 2.90. The fourth-order valence-corrected chi connectivity index (χ4v) is 1.66. The van der Waals surface area contributed by atoms with Gasteiger partial charge in [-0.2, -0.15) is 5.26 Å². The van der Waals surface area contributed by atoms with Crippen molar-refractivity contribution < 1.29 is 4.79 Å². The Labute approximate surface area is 114 Å². The molecule has 0 saturated heterocycles. The quantitative estimate of drug-likeness (QED) is 0.817. The molecule has 0 aliphatic heterocycles. The summed E-state index contributed by atoms with van der Waals surface area (Å²) in [4.78, 5) is 12.2. The largest absolute Gasteiger partial charge is 0.350 e. The molecule has 102 valence electrons. The fraction of sp³-hybridized carbons (Fsp3) is 0.467. The van der Waals surface area contributed by atoms with Crippen molar-refractivity contribution in [2.45, 2.75) is 20.3 Å². The summed E-state index contributed by atoms with van der Waals surface area (Å²) in [6, 6.07) is 9.74. The second-order valence-electron chi connectivity index (χ2n) is 5.19. The van der Waals surface area contributed by atoms with E-state index >= 15 is 0 Å². The lowest BCUT2D eigenvalue weighted by Gasteiger charge is -2.17. The number of hydrogen-bond acceptors (Lipinski definition) is 3. The maximum absolute atomic E-state index is 12.2. The van der Waals surface area contributed by atoms with Crippen molar-refractivity contribution in [2.75, 3.05) is 20.1 Å². The van der Waals surface area contributed by atoms with Crippen molar-refractivity contribution in [2.24, 2.45) is 5.41 Å². The molecule has 1 amide bonds. The molecule has 0 fully saturated rings. The van der Waals surface area contributed by atoms with Crippen LogP contribution in [0.2, 0.25) is 0 Å². The maximum atomic E-state index is 12.2. The molecule has 0 saturated carbocycles. The van der Waals surface area contributed by atoms with Crippen molar-refractivity contribution in [3.8, 4) is 6.07 Å². The van der Waals surface area contributed by atoms with Crippen LogP contribution in [0, 0.1) is 16.7 Å². The molecule has 4 heteroatoms. The number of hydrogen-bond donors (Lipinski definition) is 2. The molecule has 0 aliphatic rings. The highest BCUT2D eigenvalue weighted by Gasteiger charge is 2.19. The molecule has 0 unspecified atom stereocenters. The Hall–Kier alpha value is -1.86. The van der Waals surface area contributed by atoms with Gasteiger partial charge in [0.25, 0.3) is 5.91 Å². The normalized spacial score (nSPS) is 10.8. The first-order valence-corrected chi connectivity index (χ1v) is 6.42. The third-order valence-corrected chi connectivity index (χ3v) is 2.90. The highest BCUT2D eigenvalue weighted by molar-refractivity contribution is 5.95. The minimum Gasteiger partial charge on any atom is -0.350 e. The predicted octanol–water partition coefficient (Wildman–Crippen LogP) is 1.73. The molecule has 19 heavy (non-hydrogen) atoms. The van der Waals surface area contributed by atoms with Gasteiger partial charge in [0.1, 0.15) is 0 Å². The van der Waals surface area contributed by atoms with Crippen LogP contribution in [0.4, 0.5) is 0 Å². The molecular formula is C15H21N3O. The van der Waals surface area contributed by atoms with Crippen LogP contribution in [-0.2, 0) is 6.42 Å². The van der Waals surface area contributed by atoms with Gasteiger partial charge in [-0.05, 0) is 45.5 Å². The number of benzene rings is 1. The minimum atomic E-state index is -0.546. The predicted molar refractivity (Wildman–Crippen MR) is 75.8 cm³/mol. The number of likely N-dealkylation sites (N-methyl/N-ethyl adjacent to an activating group) is 1. The first-order chi connectivity index (χ1) is 9.00. The third kappa shape index (κ3) is 4.72. The summed E-state index contributed by atoms with van der Waals surface area (Å²) >= 11 is 0. The molecule has 1 aromatic carbocycles. The monoisotopic (exact) mass is 259 g/mol. The molecule has 0 aromatic heterocycles. The van der Waals surface area contributed by atoms with Gasteiger partial charge in [0.15, 0.2) is 0 Å². The van der Waals surface area contributed by atoms with E-state index in [0.29, 0.717) is 12.1 Å². The van der Waals surface area contributed by atoms with Gasteiger partial charge >= 0.3 is 0 Å². The van der Waals surface area contributed by atoms with Gasteiger partial charge in [-0.15, -0.1) is 0 Å².